The van der Waals surface area contributed by atoms with Gasteiger partial charge in [-0.25, -0.2) is 0 Å². The van der Waals surface area contributed by atoms with Gasteiger partial charge in [0.2, 0.25) is 0 Å². The van der Waals surface area contributed by atoms with Crippen molar-refractivity contribution in [3.8, 4) is 5.75 Å². The van der Waals surface area contributed by atoms with E-state index in [0.29, 0.717) is 25.8 Å². The molecule has 162 valence electrons. The van der Waals surface area contributed by atoms with Crippen LogP contribution in [0.25, 0.3) is 6.08 Å². The fourth-order valence-corrected chi connectivity index (χ4v) is 4.45. The van der Waals surface area contributed by atoms with Crippen molar-refractivity contribution in [2.24, 2.45) is 0 Å². The minimum atomic E-state index is -0.629. The van der Waals surface area contributed by atoms with Crippen molar-refractivity contribution in [3.63, 3.8) is 0 Å². The zero-order valence-electron chi connectivity index (χ0n) is 16.2. The van der Waals surface area contributed by atoms with E-state index >= 15 is 0 Å². The van der Waals surface area contributed by atoms with Crippen molar-refractivity contribution in [1.82, 2.24) is 4.90 Å². The van der Waals surface area contributed by atoms with Gasteiger partial charge in [-0.3, -0.25) is 19.3 Å². The first-order chi connectivity index (χ1) is 14.8. The van der Waals surface area contributed by atoms with Crippen molar-refractivity contribution < 1.29 is 23.9 Å². The molecule has 0 aliphatic carbocycles. The van der Waals surface area contributed by atoms with E-state index in [2.05, 4.69) is 15.9 Å². The maximum absolute atomic E-state index is 12.5. The summed E-state index contributed by atoms with van der Waals surface area (Å²) in [6.07, 6.45) is 1.58. The molecular formula is C21H16BrCl2NO5S. The van der Waals surface area contributed by atoms with Crippen molar-refractivity contribution >= 4 is 74.1 Å². The first-order valence-electron chi connectivity index (χ1n) is 9.05. The Bertz CT molecular complexity index is 1080. The van der Waals surface area contributed by atoms with Gasteiger partial charge in [0.05, 0.1) is 16.0 Å². The summed E-state index contributed by atoms with van der Waals surface area (Å²) in [7, 11) is 0. The number of halogens is 3. The zero-order chi connectivity index (χ0) is 22.5. The van der Waals surface area contributed by atoms with E-state index in [1.165, 1.54) is 0 Å². The summed E-state index contributed by atoms with van der Waals surface area (Å²) in [5.41, 5.74) is 1.47. The summed E-state index contributed by atoms with van der Waals surface area (Å²) >= 11 is 16.3. The normalized spacial score (nSPS) is 15.0. The van der Waals surface area contributed by atoms with Crippen molar-refractivity contribution in [3.05, 3.63) is 66.9 Å². The molecule has 1 saturated heterocycles. The minimum Gasteiger partial charge on any atom is -0.488 e. The molecule has 0 aromatic heterocycles. The lowest BCUT2D eigenvalue weighted by atomic mass is 10.2. The molecule has 2 aromatic rings. The summed E-state index contributed by atoms with van der Waals surface area (Å²) in [6.45, 7) is 1.68. The molecule has 0 radical (unpaired) electrons. The number of carbonyl (C=O) groups excluding carboxylic acids is 3. The molecular weight excluding hydrogens is 529 g/mol. The second-order valence-corrected chi connectivity index (χ2v) is 8.98. The zero-order valence-corrected chi connectivity index (χ0v) is 20.1. The van der Waals surface area contributed by atoms with Gasteiger partial charge in [0.25, 0.3) is 11.1 Å². The Morgan fingerprint density at radius 1 is 1.19 bits per heavy atom. The fourth-order valence-electron chi connectivity index (χ4n) is 2.64. The summed E-state index contributed by atoms with van der Waals surface area (Å²) in [6, 6.07) is 10.4. The van der Waals surface area contributed by atoms with Crippen LogP contribution in [0.1, 0.15) is 18.1 Å². The standard InChI is InChI=1S/C21H16BrCl2NO5S/c1-2-29-19(26)10-25-20(27)18(31-21(25)28)8-12-3-6-17(15(22)7-12)30-11-13-4-5-14(23)9-16(13)24/h3-9H,2,10-11H2,1H3/b18-8-. The molecule has 1 aliphatic rings. The van der Waals surface area contributed by atoms with Crippen LogP contribution in [-0.2, 0) is 20.9 Å². The van der Waals surface area contributed by atoms with E-state index in [4.69, 9.17) is 32.7 Å². The quantitative estimate of drug-likeness (QED) is 0.317. The average molecular weight is 545 g/mol. The van der Waals surface area contributed by atoms with Crippen molar-refractivity contribution in [1.29, 1.82) is 0 Å². The molecule has 1 heterocycles. The van der Waals surface area contributed by atoms with Gasteiger partial charge in [-0.1, -0.05) is 35.3 Å². The molecule has 2 aromatic carbocycles. The lowest BCUT2D eigenvalue weighted by molar-refractivity contribution is -0.145. The number of amides is 2. The SMILES string of the molecule is CCOC(=O)CN1C(=O)S/C(=C\c2ccc(OCc3ccc(Cl)cc3Cl)c(Br)c2)C1=O. The maximum Gasteiger partial charge on any atom is 0.326 e. The van der Waals surface area contributed by atoms with Crippen LogP contribution >= 0.6 is 50.9 Å². The van der Waals surface area contributed by atoms with Crippen LogP contribution in [0.5, 0.6) is 5.75 Å². The van der Waals surface area contributed by atoms with E-state index in [-0.39, 0.29) is 18.1 Å². The number of esters is 1. The van der Waals surface area contributed by atoms with Crippen molar-refractivity contribution in [2.75, 3.05) is 13.2 Å². The van der Waals surface area contributed by atoms with Gasteiger partial charge in [0.1, 0.15) is 18.9 Å². The van der Waals surface area contributed by atoms with Crippen molar-refractivity contribution in [2.45, 2.75) is 13.5 Å². The molecule has 2 amide bonds. The van der Waals surface area contributed by atoms with Gasteiger partial charge in [0.15, 0.2) is 0 Å². The molecule has 0 unspecified atom stereocenters. The molecule has 3 rings (SSSR count). The van der Waals surface area contributed by atoms with E-state index in [1.54, 1.807) is 49.4 Å². The Balaban J connectivity index is 1.69. The number of nitrogens with zero attached hydrogens (tertiary/aromatic N) is 1. The predicted molar refractivity (Wildman–Crippen MR) is 124 cm³/mol. The maximum atomic E-state index is 12.5. The number of benzene rings is 2. The lowest BCUT2D eigenvalue weighted by Gasteiger charge is -2.11. The van der Waals surface area contributed by atoms with Crippen LogP contribution in [0.2, 0.25) is 10.0 Å². The molecule has 31 heavy (non-hydrogen) atoms. The van der Waals surface area contributed by atoms with Crippen LogP contribution in [0.3, 0.4) is 0 Å². The predicted octanol–water partition coefficient (Wildman–Crippen LogP) is 5.93. The van der Waals surface area contributed by atoms with Gasteiger partial charge >= 0.3 is 5.97 Å². The number of imide groups is 1. The largest absolute Gasteiger partial charge is 0.488 e. The molecule has 0 spiro atoms. The van der Waals surface area contributed by atoms with E-state index < -0.39 is 23.7 Å². The molecule has 0 atom stereocenters. The third-order valence-corrected chi connectivity index (χ3v) is 6.23. The van der Waals surface area contributed by atoms with Crippen LogP contribution in [0, 0.1) is 0 Å². The van der Waals surface area contributed by atoms with E-state index in [1.807, 2.05) is 0 Å². The monoisotopic (exact) mass is 543 g/mol. The Morgan fingerprint density at radius 3 is 2.65 bits per heavy atom. The summed E-state index contributed by atoms with van der Waals surface area (Å²) in [5, 5.41) is 0.549. The third kappa shape index (κ3) is 6.04. The third-order valence-electron chi connectivity index (χ3n) is 4.12. The van der Waals surface area contributed by atoms with E-state index in [9.17, 15) is 14.4 Å². The summed E-state index contributed by atoms with van der Waals surface area (Å²) < 4.78 is 11.3. The van der Waals surface area contributed by atoms with Crippen LogP contribution in [0.15, 0.2) is 45.8 Å². The summed E-state index contributed by atoms with van der Waals surface area (Å²) in [4.78, 5) is 37.3. The molecule has 10 heteroatoms. The molecule has 1 aliphatic heterocycles. The minimum absolute atomic E-state index is 0.178. The van der Waals surface area contributed by atoms with Gasteiger partial charge in [0, 0.05) is 15.6 Å². The number of rotatable bonds is 7. The number of ether oxygens (including phenoxy) is 2. The van der Waals surface area contributed by atoms with E-state index in [0.717, 1.165) is 22.2 Å². The molecule has 0 saturated carbocycles. The molecule has 0 N–H and O–H groups in total. The number of hydrogen-bond acceptors (Lipinski definition) is 6. The Labute approximate surface area is 201 Å². The Hall–Kier alpha value is -2.00. The molecule has 6 nitrogen and oxygen atoms in total. The Morgan fingerprint density at radius 2 is 1.97 bits per heavy atom. The summed E-state index contributed by atoms with van der Waals surface area (Å²) in [5.74, 6) is -0.577. The van der Waals surface area contributed by atoms with Crippen LogP contribution in [0.4, 0.5) is 4.79 Å². The number of carbonyl (C=O) groups is 3. The van der Waals surface area contributed by atoms with Crippen LogP contribution in [-0.4, -0.2) is 35.2 Å². The Kier molecular flexibility index (Phi) is 8.05. The van der Waals surface area contributed by atoms with Gasteiger partial charge in [-0.2, -0.15) is 0 Å². The van der Waals surface area contributed by atoms with Crippen LogP contribution < -0.4 is 4.74 Å². The van der Waals surface area contributed by atoms with Gasteiger partial charge in [-0.15, -0.1) is 0 Å². The van der Waals surface area contributed by atoms with Gasteiger partial charge < -0.3 is 9.47 Å². The first kappa shape index (κ1) is 23.7. The highest BCUT2D eigenvalue weighted by Gasteiger charge is 2.36. The number of thioether (sulfide) groups is 1. The van der Waals surface area contributed by atoms with Gasteiger partial charge in [-0.05, 0) is 70.5 Å². The first-order valence-corrected chi connectivity index (χ1v) is 11.4. The highest BCUT2D eigenvalue weighted by molar-refractivity contribution is 9.10. The second kappa shape index (κ2) is 10.5. The second-order valence-electron chi connectivity index (χ2n) is 6.29. The molecule has 1 fully saturated rings. The number of hydrogen-bond donors (Lipinski definition) is 0. The highest BCUT2D eigenvalue weighted by atomic mass is 79.9. The topological polar surface area (TPSA) is 72.9 Å². The fraction of sp³-hybridized carbons (Fsp3) is 0.190. The smallest absolute Gasteiger partial charge is 0.326 e. The highest BCUT2D eigenvalue weighted by Crippen LogP contribution is 2.34. The molecule has 0 bridgehead atoms. The lowest BCUT2D eigenvalue weighted by Crippen LogP contribution is -2.34. The average Bonchev–Trinajstić information content (AvgIpc) is 2.96.